The lowest BCUT2D eigenvalue weighted by atomic mass is 10.2. The van der Waals surface area contributed by atoms with Crippen molar-refractivity contribution >= 4 is 23.0 Å². The number of amides is 1. The summed E-state index contributed by atoms with van der Waals surface area (Å²) in [4.78, 5) is 12.4. The van der Waals surface area contributed by atoms with Gasteiger partial charge in [-0.05, 0) is 42.3 Å². The van der Waals surface area contributed by atoms with Gasteiger partial charge in [-0.25, -0.2) is 5.43 Å². The maximum atomic E-state index is 12.4. The van der Waals surface area contributed by atoms with Crippen molar-refractivity contribution in [2.75, 3.05) is 6.61 Å². The number of carbonyl (C=O) groups excluding carboxylic acids is 1. The lowest BCUT2D eigenvalue weighted by Gasteiger charge is -2.05. The number of hydrogen-bond donors (Lipinski definition) is 1. The van der Waals surface area contributed by atoms with Gasteiger partial charge in [-0.2, -0.15) is 5.10 Å². The zero-order valence-corrected chi connectivity index (χ0v) is 17.5. The molecule has 4 rings (SSSR count). The van der Waals surface area contributed by atoms with Crippen molar-refractivity contribution in [3.05, 3.63) is 102 Å². The van der Waals surface area contributed by atoms with E-state index in [1.807, 2.05) is 30.3 Å². The molecule has 0 saturated heterocycles. The van der Waals surface area contributed by atoms with Gasteiger partial charge in [-0.15, -0.1) is 0 Å². The molecule has 0 radical (unpaired) electrons. The molecule has 1 heterocycles. The van der Waals surface area contributed by atoms with Crippen molar-refractivity contribution in [2.24, 2.45) is 5.10 Å². The normalized spacial score (nSPS) is 11.1. The highest BCUT2D eigenvalue weighted by molar-refractivity contribution is 6.00. The van der Waals surface area contributed by atoms with Crippen LogP contribution in [0.1, 0.15) is 34.8 Å². The number of ether oxygens (including phenoxy) is 1. The van der Waals surface area contributed by atoms with E-state index in [0.717, 1.165) is 35.2 Å². The van der Waals surface area contributed by atoms with Gasteiger partial charge in [-0.3, -0.25) is 4.79 Å². The fourth-order valence-electron chi connectivity index (χ4n) is 3.44. The highest BCUT2D eigenvalue weighted by Gasteiger charge is 2.08. The van der Waals surface area contributed by atoms with E-state index in [0.29, 0.717) is 12.2 Å². The molecule has 0 saturated carbocycles. The Labute approximate surface area is 182 Å². The topological polar surface area (TPSA) is 55.6 Å². The van der Waals surface area contributed by atoms with Crippen LogP contribution in [0, 0.1) is 0 Å². The molecule has 31 heavy (non-hydrogen) atoms. The molecule has 0 fully saturated rings. The SMILES string of the molecule is CCCOc1ccc(C(=O)N/N=C/c2cn(Cc3ccccc3)c3ccccc23)cc1. The Balaban J connectivity index is 1.47. The van der Waals surface area contributed by atoms with E-state index in [1.54, 1.807) is 30.5 Å². The van der Waals surface area contributed by atoms with Gasteiger partial charge in [0.05, 0.1) is 12.8 Å². The van der Waals surface area contributed by atoms with Crippen LogP contribution in [0.2, 0.25) is 0 Å². The second kappa shape index (κ2) is 9.76. The average Bonchev–Trinajstić information content (AvgIpc) is 3.16. The summed E-state index contributed by atoms with van der Waals surface area (Å²) in [5.74, 6) is 0.499. The summed E-state index contributed by atoms with van der Waals surface area (Å²) in [6, 6.07) is 25.6. The number of aromatic nitrogens is 1. The van der Waals surface area contributed by atoms with Crippen LogP contribution >= 0.6 is 0 Å². The van der Waals surface area contributed by atoms with Crippen molar-refractivity contribution < 1.29 is 9.53 Å². The summed E-state index contributed by atoms with van der Waals surface area (Å²) >= 11 is 0. The smallest absolute Gasteiger partial charge is 0.271 e. The zero-order valence-electron chi connectivity index (χ0n) is 17.5. The van der Waals surface area contributed by atoms with E-state index in [-0.39, 0.29) is 5.91 Å². The Morgan fingerprint density at radius 1 is 1.00 bits per heavy atom. The number of nitrogens with zero attached hydrogens (tertiary/aromatic N) is 2. The number of carbonyl (C=O) groups is 1. The molecule has 0 bridgehead atoms. The van der Waals surface area contributed by atoms with Crippen LogP contribution in [0.5, 0.6) is 5.75 Å². The zero-order chi connectivity index (χ0) is 21.5. The molecule has 1 aromatic heterocycles. The first kappa shape index (κ1) is 20.4. The van der Waals surface area contributed by atoms with Crippen molar-refractivity contribution in [1.82, 2.24) is 9.99 Å². The number of hydrogen-bond acceptors (Lipinski definition) is 3. The van der Waals surface area contributed by atoms with Gasteiger partial charge in [0.1, 0.15) is 5.75 Å². The van der Waals surface area contributed by atoms with Crippen LogP contribution < -0.4 is 10.2 Å². The highest BCUT2D eigenvalue weighted by atomic mass is 16.5. The number of hydrazone groups is 1. The van der Waals surface area contributed by atoms with Crippen LogP contribution in [0.3, 0.4) is 0 Å². The Bertz CT molecular complexity index is 1180. The molecule has 5 nitrogen and oxygen atoms in total. The lowest BCUT2D eigenvalue weighted by Crippen LogP contribution is -2.17. The maximum Gasteiger partial charge on any atom is 0.271 e. The summed E-state index contributed by atoms with van der Waals surface area (Å²) in [6.45, 7) is 3.49. The molecule has 1 amide bonds. The third kappa shape index (κ3) is 5.01. The first-order valence-corrected chi connectivity index (χ1v) is 10.4. The van der Waals surface area contributed by atoms with Crippen molar-refractivity contribution in [2.45, 2.75) is 19.9 Å². The Morgan fingerprint density at radius 3 is 2.52 bits per heavy atom. The summed E-state index contributed by atoms with van der Waals surface area (Å²) in [7, 11) is 0. The number of para-hydroxylation sites is 1. The molecule has 4 aromatic rings. The van der Waals surface area contributed by atoms with E-state index in [1.165, 1.54) is 5.56 Å². The molecule has 3 aromatic carbocycles. The van der Waals surface area contributed by atoms with Gasteiger partial charge in [0.2, 0.25) is 0 Å². The van der Waals surface area contributed by atoms with E-state index in [2.05, 4.69) is 52.5 Å². The molecule has 0 aliphatic carbocycles. The third-order valence-corrected chi connectivity index (χ3v) is 4.97. The van der Waals surface area contributed by atoms with Gasteiger partial charge in [-0.1, -0.05) is 55.5 Å². The van der Waals surface area contributed by atoms with Gasteiger partial charge >= 0.3 is 0 Å². The minimum Gasteiger partial charge on any atom is -0.494 e. The highest BCUT2D eigenvalue weighted by Crippen LogP contribution is 2.21. The first-order valence-electron chi connectivity index (χ1n) is 10.4. The van der Waals surface area contributed by atoms with E-state index >= 15 is 0 Å². The van der Waals surface area contributed by atoms with E-state index in [4.69, 9.17) is 4.74 Å². The molecule has 0 aliphatic rings. The van der Waals surface area contributed by atoms with Gasteiger partial charge in [0, 0.05) is 34.8 Å². The third-order valence-electron chi connectivity index (χ3n) is 4.97. The molecular weight excluding hydrogens is 386 g/mol. The van der Waals surface area contributed by atoms with Crippen LogP contribution in [-0.2, 0) is 6.54 Å². The van der Waals surface area contributed by atoms with Crippen LogP contribution in [0.4, 0.5) is 0 Å². The van der Waals surface area contributed by atoms with E-state index in [9.17, 15) is 4.79 Å². The second-order valence-electron chi connectivity index (χ2n) is 7.29. The molecule has 0 atom stereocenters. The van der Waals surface area contributed by atoms with Gasteiger partial charge < -0.3 is 9.30 Å². The molecule has 5 heteroatoms. The number of fused-ring (bicyclic) bond motifs is 1. The fourth-order valence-corrected chi connectivity index (χ4v) is 3.44. The largest absolute Gasteiger partial charge is 0.494 e. The Kier molecular flexibility index (Phi) is 6.43. The predicted octanol–water partition coefficient (Wildman–Crippen LogP) is 5.24. The molecule has 0 unspecified atom stereocenters. The molecule has 0 aliphatic heterocycles. The molecule has 156 valence electrons. The minimum atomic E-state index is -0.258. The van der Waals surface area contributed by atoms with Crippen LogP contribution in [0.25, 0.3) is 10.9 Å². The molecule has 1 N–H and O–H groups in total. The Morgan fingerprint density at radius 2 is 1.74 bits per heavy atom. The monoisotopic (exact) mass is 411 g/mol. The maximum absolute atomic E-state index is 12.4. The first-order chi connectivity index (χ1) is 15.2. The summed E-state index contributed by atoms with van der Waals surface area (Å²) in [5, 5.41) is 5.28. The lowest BCUT2D eigenvalue weighted by molar-refractivity contribution is 0.0955. The summed E-state index contributed by atoms with van der Waals surface area (Å²) in [6.07, 6.45) is 4.70. The Hall–Kier alpha value is -3.86. The van der Waals surface area contributed by atoms with Crippen molar-refractivity contribution in [1.29, 1.82) is 0 Å². The number of nitrogens with one attached hydrogen (secondary N) is 1. The van der Waals surface area contributed by atoms with Crippen molar-refractivity contribution in [3.8, 4) is 5.75 Å². The number of rotatable bonds is 8. The molecular formula is C26H25N3O2. The standard InChI is InChI=1S/C26H25N3O2/c1-2-16-31-23-14-12-21(13-15-23)26(30)28-27-17-22-19-29(18-20-8-4-3-5-9-20)25-11-7-6-10-24(22)25/h3-15,17,19H,2,16,18H2,1H3,(H,28,30)/b27-17+. The summed E-state index contributed by atoms with van der Waals surface area (Å²) in [5.41, 5.74) is 6.46. The van der Waals surface area contributed by atoms with Gasteiger partial charge in [0.15, 0.2) is 0 Å². The average molecular weight is 412 g/mol. The van der Waals surface area contributed by atoms with Crippen LogP contribution in [-0.4, -0.2) is 23.3 Å². The van der Waals surface area contributed by atoms with E-state index < -0.39 is 0 Å². The van der Waals surface area contributed by atoms with Crippen LogP contribution in [0.15, 0.2) is 90.2 Å². The fraction of sp³-hybridized carbons (Fsp3) is 0.154. The van der Waals surface area contributed by atoms with Crippen molar-refractivity contribution in [3.63, 3.8) is 0 Å². The summed E-state index contributed by atoms with van der Waals surface area (Å²) < 4.78 is 7.75. The molecule has 0 spiro atoms. The second-order valence-corrected chi connectivity index (χ2v) is 7.29. The van der Waals surface area contributed by atoms with Gasteiger partial charge in [0.25, 0.3) is 5.91 Å². The minimum absolute atomic E-state index is 0.258. The quantitative estimate of drug-likeness (QED) is 0.318. The predicted molar refractivity (Wildman–Crippen MR) is 125 cm³/mol. The number of benzene rings is 3.